The summed E-state index contributed by atoms with van der Waals surface area (Å²) in [5.74, 6) is -0.324. The molecule has 3 nitrogen and oxygen atoms in total. The van der Waals surface area contributed by atoms with Crippen molar-refractivity contribution in [1.82, 2.24) is 4.98 Å². The Balaban J connectivity index is 1.82. The monoisotopic (exact) mass is 224 g/mol. The fourth-order valence-corrected chi connectivity index (χ4v) is 1.99. The average Bonchev–Trinajstić information content (AvgIpc) is 2.80. The number of halogens is 1. The van der Waals surface area contributed by atoms with Crippen molar-refractivity contribution >= 4 is 0 Å². The van der Waals surface area contributed by atoms with Crippen LogP contribution in [-0.2, 0) is 4.74 Å². The van der Waals surface area contributed by atoms with E-state index in [1.54, 1.807) is 6.07 Å². The van der Waals surface area contributed by atoms with Crippen molar-refractivity contribution in [2.24, 2.45) is 5.73 Å². The van der Waals surface area contributed by atoms with Gasteiger partial charge in [-0.3, -0.25) is 4.98 Å². The van der Waals surface area contributed by atoms with Gasteiger partial charge in [-0.1, -0.05) is 0 Å². The van der Waals surface area contributed by atoms with Crippen molar-refractivity contribution < 1.29 is 9.13 Å². The maximum atomic E-state index is 12.7. The number of pyridine rings is 1. The molecule has 1 aromatic heterocycles. The van der Waals surface area contributed by atoms with Crippen molar-refractivity contribution in [1.29, 1.82) is 0 Å². The zero-order valence-corrected chi connectivity index (χ0v) is 9.23. The number of hydrogen-bond acceptors (Lipinski definition) is 3. The molecule has 2 rings (SSSR count). The second kappa shape index (κ2) is 5.37. The van der Waals surface area contributed by atoms with Gasteiger partial charge in [0, 0.05) is 12.6 Å². The largest absolute Gasteiger partial charge is 0.378 e. The maximum absolute atomic E-state index is 12.7. The van der Waals surface area contributed by atoms with Gasteiger partial charge in [0.1, 0.15) is 5.82 Å². The van der Waals surface area contributed by atoms with Crippen LogP contribution in [0, 0.1) is 5.82 Å². The molecule has 1 aromatic rings. The molecule has 0 bridgehead atoms. The van der Waals surface area contributed by atoms with Gasteiger partial charge < -0.3 is 10.5 Å². The van der Waals surface area contributed by atoms with E-state index in [1.807, 2.05) is 0 Å². The Morgan fingerprint density at radius 1 is 1.56 bits per heavy atom. The minimum Gasteiger partial charge on any atom is -0.378 e. The standard InChI is InChI=1S/C12H17FN2O/c13-9-3-6-12(15-8-9)11(14)5-4-10-2-1-7-16-10/h3,6,8,10-11H,1-2,4-5,7,14H2. The van der Waals surface area contributed by atoms with E-state index >= 15 is 0 Å². The first-order valence-electron chi connectivity index (χ1n) is 5.74. The van der Waals surface area contributed by atoms with Gasteiger partial charge in [-0.05, 0) is 37.8 Å². The summed E-state index contributed by atoms with van der Waals surface area (Å²) < 4.78 is 18.2. The second-order valence-electron chi connectivity index (χ2n) is 4.22. The van der Waals surface area contributed by atoms with E-state index in [0.717, 1.165) is 38.0 Å². The van der Waals surface area contributed by atoms with Crippen LogP contribution in [0.4, 0.5) is 4.39 Å². The van der Waals surface area contributed by atoms with Crippen LogP contribution in [-0.4, -0.2) is 17.7 Å². The molecule has 0 spiro atoms. The molecule has 0 aliphatic carbocycles. The van der Waals surface area contributed by atoms with Crippen molar-refractivity contribution in [3.63, 3.8) is 0 Å². The highest BCUT2D eigenvalue weighted by molar-refractivity contribution is 5.09. The molecule has 0 aromatic carbocycles. The van der Waals surface area contributed by atoms with Crippen molar-refractivity contribution in [3.8, 4) is 0 Å². The highest BCUT2D eigenvalue weighted by Gasteiger charge is 2.17. The molecule has 1 aliphatic heterocycles. The smallest absolute Gasteiger partial charge is 0.141 e. The molecule has 0 radical (unpaired) electrons. The number of hydrogen-bond donors (Lipinski definition) is 1. The van der Waals surface area contributed by atoms with E-state index in [0.29, 0.717) is 6.10 Å². The number of aromatic nitrogens is 1. The van der Waals surface area contributed by atoms with E-state index in [2.05, 4.69) is 4.98 Å². The van der Waals surface area contributed by atoms with Crippen LogP contribution < -0.4 is 5.73 Å². The molecule has 4 heteroatoms. The molecular weight excluding hydrogens is 207 g/mol. The van der Waals surface area contributed by atoms with Crippen LogP contribution in [0.3, 0.4) is 0 Å². The predicted molar refractivity (Wildman–Crippen MR) is 59.3 cm³/mol. The Morgan fingerprint density at radius 3 is 3.06 bits per heavy atom. The van der Waals surface area contributed by atoms with Crippen LogP contribution in [0.15, 0.2) is 18.3 Å². The fourth-order valence-electron chi connectivity index (χ4n) is 1.99. The molecule has 16 heavy (non-hydrogen) atoms. The van der Waals surface area contributed by atoms with E-state index in [4.69, 9.17) is 10.5 Å². The molecule has 1 saturated heterocycles. The quantitative estimate of drug-likeness (QED) is 0.852. The molecular formula is C12H17FN2O. The van der Waals surface area contributed by atoms with E-state index < -0.39 is 0 Å². The Hall–Kier alpha value is -1.00. The van der Waals surface area contributed by atoms with Gasteiger partial charge in [0.25, 0.3) is 0 Å². The highest BCUT2D eigenvalue weighted by atomic mass is 19.1. The van der Waals surface area contributed by atoms with Gasteiger partial charge >= 0.3 is 0 Å². The Kier molecular flexibility index (Phi) is 3.85. The lowest BCUT2D eigenvalue weighted by atomic mass is 10.0. The Morgan fingerprint density at radius 2 is 2.44 bits per heavy atom. The molecule has 1 aliphatic rings. The summed E-state index contributed by atoms with van der Waals surface area (Å²) in [6, 6.07) is 2.92. The first-order chi connectivity index (χ1) is 7.75. The van der Waals surface area contributed by atoms with Gasteiger partial charge in [0.2, 0.25) is 0 Å². The number of nitrogens with zero attached hydrogens (tertiary/aromatic N) is 1. The second-order valence-corrected chi connectivity index (χ2v) is 4.22. The van der Waals surface area contributed by atoms with E-state index in [1.165, 1.54) is 12.3 Å². The maximum Gasteiger partial charge on any atom is 0.141 e. The number of rotatable bonds is 4. The van der Waals surface area contributed by atoms with Gasteiger partial charge in [0.15, 0.2) is 0 Å². The third-order valence-corrected chi connectivity index (χ3v) is 2.95. The summed E-state index contributed by atoms with van der Waals surface area (Å²) in [4.78, 5) is 3.98. The van der Waals surface area contributed by atoms with Crippen molar-refractivity contribution in [2.45, 2.75) is 37.8 Å². The fraction of sp³-hybridized carbons (Fsp3) is 0.583. The summed E-state index contributed by atoms with van der Waals surface area (Å²) in [5, 5.41) is 0. The number of nitrogens with two attached hydrogens (primary N) is 1. The molecule has 0 saturated carbocycles. The zero-order chi connectivity index (χ0) is 11.4. The van der Waals surface area contributed by atoms with Crippen molar-refractivity contribution in [2.75, 3.05) is 6.61 Å². The third-order valence-electron chi connectivity index (χ3n) is 2.95. The van der Waals surface area contributed by atoms with Crippen LogP contribution in [0.5, 0.6) is 0 Å². The lowest BCUT2D eigenvalue weighted by molar-refractivity contribution is 0.101. The Labute approximate surface area is 94.8 Å². The van der Waals surface area contributed by atoms with Crippen molar-refractivity contribution in [3.05, 3.63) is 29.8 Å². The Bertz CT molecular complexity index is 322. The molecule has 2 heterocycles. The molecule has 0 amide bonds. The van der Waals surface area contributed by atoms with E-state index in [-0.39, 0.29) is 11.9 Å². The van der Waals surface area contributed by atoms with E-state index in [9.17, 15) is 4.39 Å². The van der Waals surface area contributed by atoms with Crippen LogP contribution in [0.1, 0.15) is 37.4 Å². The SMILES string of the molecule is NC(CCC1CCCO1)c1ccc(F)cn1. The average molecular weight is 224 g/mol. The first-order valence-corrected chi connectivity index (χ1v) is 5.74. The third kappa shape index (κ3) is 3.00. The van der Waals surface area contributed by atoms with Gasteiger partial charge in [-0.15, -0.1) is 0 Å². The van der Waals surface area contributed by atoms with Crippen LogP contribution in [0.25, 0.3) is 0 Å². The lowest BCUT2D eigenvalue weighted by Gasteiger charge is -2.14. The summed E-state index contributed by atoms with van der Waals surface area (Å²) >= 11 is 0. The number of ether oxygens (including phenoxy) is 1. The molecule has 1 fully saturated rings. The minimum absolute atomic E-state index is 0.121. The summed E-state index contributed by atoms with van der Waals surface area (Å²) in [7, 11) is 0. The normalized spacial score (nSPS) is 22.2. The summed E-state index contributed by atoms with van der Waals surface area (Å²) in [6.07, 6.45) is 5.63. The highest BCUT2D eigenvalue weighted by Crippen LogP contribution is 2.21. The first kappa shape index (κ1) is 11.5. The summed E-state index contributed by atoms with van der Waals surface area (Å²) in [5.41, 5.74) is 6.73. The van der Waals surface area contributed by atoms with Crippen LogP contribution >= 0.6 is 0 Å². The van der Waals surface area contributed by atoms with Gasteiger partial charge in [-0.2, -0.15) is 0 Å². The van der Waals surface area contributed by atoms with Crippen LogP contribution in [0.2, 0.25) is 0 Å². The molecule has 2 unspecified atom stereocenters. The minimum atomic E-state index is -0.324. The van der Waals surface area contributed by atoms with Gasteiger partial charge in [0.05, 0.1) is 18.0 Å². The topological polar surface area (TPSA) is 48.1 Å². The zero-order valence-electron chi connectivity index (χ0n) is 9.23. The predicted octanol–water partition coefficient (Wildman–Crippen LogP) is 2.18. The summed E-state index contributed by atoms with van der Waals surface area (Å²) in [6.45, 7) is 0.870. The lowest BCUT2D eigenvalue weighted by Crippen LogP contribution is -2.15. The van der Waals surface area contributed by atoms with Gasteiger partial charge in [-0.25, -0.2) is 4.39 Å². The molecule has 88 valence electrons. The molecule has 2 N–H and O–H groups in total. The molecule has 2 atom stereocenters.